The van der Waals surface area contributed by atoms with Crippen LogP contribution in [0.4, 0.5) is 0 Å². The van der Waals surface area contributed by atoms with E-state index in [1.54, 1.807) is 0 Å². The quantitative estimate of drug-likeness (QED) is 0.683. The second-order valence-corrected chi connectivity index (χ2v) is 3.63. The molecule has 0 unspecified atom stereocenters. The number of nitrogens with zero attached hydrogens (tertiary/aromatic N) is 2. The van der Waals surface area contributed by atoms with Crippen LogP contribution in [-0.2, 0) is 6.54 Å². The van der Waals surface area contributed by atoms with Gasteiger partial charge < -0.3 is 5.32 Å². The van der Waals surface area contributed by atoms with Crippen molar-refractivity contribution in [1.82, 2.24) is 20.4 Å². The number of aromatic amines is 1. The SMILES string of the molecule is C[C@@H]1CNCCN1Cc1cn[nH]c1. The van der Waals surface area contributed by atoms with E-state index in [-0.39, 0.29) is 0 Å². The topological polar surface area (TPSA) is 44.0 Å². The van der Waals surface area contributed by atoms with Crippen molar-refractivity contribution in [3.8, 4) is 0 Å². The Balaban J connectivity index is 1.93. The van der Waals surface area contributed by atoms with E-state index in [1.807, 2.05) is 12.4 Å². The summed E-state index contributed by atoms with van der Waals surface area (Å²) >= 11 is 0. The zero-order valence-corrected chi connectivity index (χ0v) is 7.95. The van der Waals surface area contributed by atoms with Gasteiger partial charge in [-0.25, -0.2) is 0 Å². The zero-order chi connectivity index (χ0) is 9.10. The molecule has 1 fully saturated rings. The molecule has 4 nitrogen and oxygen atoms in total. The van der Waals surface area contributed by atoms with E-state index in [0.29, 0.717) is 6.04 Å². The molecular formula is C9H16N4. The molecule has 2 heterocycles. The summed E-state index contributed by atoms with van der Waals surface area (Å²) in [6.07, 6.45) is 3.86. The minimum atomic E-state index is 0.628. The Morgan fingerprint density at radius 1 is 1.69 bits per heavy atom. The number of piperazine rings is 1. The Morgan fingerprint density at radius 3 is 3.31 bits per heavy atom. The molecule has 1 saturated heterocycles. The fourth-order valence-electron chi connectivity index (χ4n) is 1.72. The van der Waals surface area contributed by atoms with Crippen LogP contribution < -0.4 is 5.32 Å². The van der Waals surface area contributed by atoms with E-state index in [4.69, 9.17) is 0 Å². The van der Waals surface area contributed by atoms with Gasteiger partial charge in [0.25, 0.3) is 0 Å². The van der Waals surface area contributed by atoms with Crippen molar-refractivity contribution < 1.29 is 0 Å². The smallest absolute Gasteiger partial charge is 0.0532 e. The van der Waals surface area contributed by atoms with Crippen LogP contribution in [0, 0.1) is 0 Å². The fourth-order valence-corrected chi connectivity index (χ4v) is 1.72. The fraction of sp³-hybridized carbons (Fsp3) is 0.667. The average Bonchev–Trinajstić information content (AvgIpc) is 2.61. The van der Waals surface area contributed by atoms with Gasteiger partial charge in [-0.2, -0.15) is 5.10 Å². The first-order valence-corrected chi connectivity index (χ1v) is 4.78. The maximum atomic E-state index is 3.95. The molecule has 0 amide bonds. The van der Waals surface area contributed by atoms with Crippen LogP contribution in [0.25, 0.3) is 0 Å². The number of rotatable bonds is 2. The van der Waals surface area contributed by atoms with Gasteiger partial charge in [0.1, 0.15) is 0 Å². The van der Waals surface area contributed by atoms with Crippen molar-refractivity contribution in [2.75, 3.05) is 19.6 Å². The van der Waals surface area contributed by atoms with Gasteiger partial charge in [-0.05, 0) is 6.92 Å². The third-order valence-electron chi connectivity index (χ3n) is 2.58. The molecule has 0 saturated carbocycles. The second kappa shape index (κ2) is 3.89. The van der Waals surface area contributed by atoms with E-state index >= 15 is 0 Å². The second-order valence-electron chi connectivity index (χ2n) is 3.63. The highest BCUT2D eigenvalue weighted by Gasteiger charge is 2.17. The lowest BCUT2D eigenvalue weighted by atomic mass is 10.2. The molecule has 0 bridgehead atoms. The molecule has 1 aromatic heterocycles. The van der Waals surface area contributed by atoms with Crippen molar-refractivity contribution in [3.05, 3.63) is 18.0 Å². The van der Waals surface area contributed by atoms with E-state index in [9.17, 15) is 0 Å². The van der Waals surface area contributed by atoms with Crippen LogP contribution in [0.5, 0.6) is 0 Å². The molecule has 72 valence electrons. The first-order chi connectivity index (χ1) is 6.36. The molecule has 0 aliphatic carbocycles. The third kappa shape index (κ3) is 2.08. The summed E-state index contributed by atoms with van der Waals surface area (Å²) in [6, 6.07) is 0.628. The molecule has 2 rings (SSSR count). The highest BCUT2D eigenvalue weighted by molar-refractivity contribution is 5.02. The van der Waals surface area contributed by atoms with Crippen molar-refractivity contribution >= 4 is 0 Å². The molecule has 1 aliphatic rings. The summed E-state index contributed by atoms with van der Waals surface area (Å²) in [4.78, 5) is 2.47. The van der Waals surface area contributed by atoms with Gasteiger partial charge in [0.05, 0.1) is 6.20 Å². The first-order valence-electron chi connectivity index (χ1n) is 4.78. The van der Waals surface area contributed by atoms with E-state index in [1.165, 1.54) is 5.56 Å². The summed E-state index contributed by atoms with van der Waals surface area (Å²) in [7, 11) is 0. The largest absolute Gasteiger partial charge is 0.314 e. The Morgan fingerprint density at radius 2 is 2.62 bits per heavy atom. The van der Waals surface area contributed by atoms with Crippen LogP contribution in [0.1, 0.15) is 12.5 Å². The lowest BCUT2D eigenvalue weighted by Crippen LogP contribution is -2.49. The number of aromatic nitrogens is 2. The molecule has 2 N–H and O–H groups in total. The number of hydrogen-bond donors (Lipinski definition) is 2. The minimum Gasteiger partial charge on any atom is -0.314 e. The highest BCUT2D eigenvalue weighted by atomic mass is 15.2. The van der Waals surface area contributed by atoms with Crippen LogP contribution >= 0.6 is 0 Å². The van der Waals surface area contributed by atoms with E-state index in [0.717, 1.165) is 26.2 Å². The van der Waals surface area contributed by atoms with E-state index < -0.39 is 0 Å². The van der Waals surface area contributed by atoms with Crippen LogP contribution in [0.2, 0.25) is 0 Å². The van der Waals surface area contributed by atoms with Crippen LogP contribution in [-0.4, -0.2) is 40.8 Å². The molecule has 1 atom stereocenters. The Hall–Kier alpha value is -0.870. The lowest BCUT2D eigenvalue weighted by Gasteiger charge is -2.33. The predicted octanol–water partition coefficient (Wildman–Crippen LogP) is 0.203. The molecule has 0 spiro atoms. The maximum absolute atomic E-state index is 3.95. The summed E-state index contributed by atoms with van der Waals surface area (Å²) in [5.74, 6) is 0. The molecule has 13 heavy (non-hydrogen) atoms. The van der Waals surface area contributed by atoms with Gasteiger partial charge in [-0.1, -0.05) is 0 Å². The van der Waals surface area contributed by atoms with Crippen molar-refractivity contribution in [2.45, 2.75) is 19.5 Å². The Bertz CT molecular complexity index is 244. The third-order valence-corrected chi connectivity index (χ3v) is 2.58. The lowest BCUT2D eigenvalue weighted by molar-refractivity contribution is 0.165. The van der Waals surface area contributed by atoms with Crippen molar-refractivity contribution in [2.24, 2.45) is 0 Å². The highest BCUT2D eigenvalue weighted by Crippen LogP contribution is 2.07. The van der Waals surface area contributed by atoms with Crippen LogP contribution in [0.3, 0.4) is 0 Å². The van der Waals surface area contributed by atoms with Crippen molar-refractivity contribution in [3.63, 3.8) is 0 Å². The van der Waals surface area contributed by atoms with E-state index in [2.05, 4.69) is 27.3 Å². The summed E-state index contributed by atoms with van der Waals surface area (Å²) in [6.45, 7) is 6.60. The zero-order valence-electron chi connectivity index (χ0n) is 7.95. The summed E-state index contributed by atoms with van der Waals surface area (Å²) < 4.78 is 0. The molecule has 1 aromatic rings. The van der Waals surface area contributed by atoms with Crippen molar-refractivity contribution in [1.29, 1.82) is 0 Å². The average molecular weight is 180 g/mol. The van der Waals surface area contributed by atoms with Gasteiger partial charge in [0, 0.05) is 44.0 Å². The van der Waals surface area contributed by atoms with Gasteiger partial charge in [0.2, 0.25) is 0 Å². The molecule has 1 aliphatic heterocycles. The first kappa shape index (κ1) is 8.72. The molecule has 0 radical (unpaired) electrons. The van der Waals surface area contributed by atoms with Gasteiger partial charge >= 0.3 is 0 Å². The summed E-state index contributed by atoms with van der Waals surface area (Å²) in [5, 5.41) is 10.2. The number of hydrogen-bond acceptors (Lipinski definition) is 3. The molecule has 4 heteroatoms. The van der Waals surface area contributed by atoms with Gasteiger partial charge in [-0.3, -0.25) is 10.00 Å². The Kier molecular flexibility index (Phi) is 2.61. The normalized spacial score (nSPS) is 24.8. The van der Waals surface area contributed by atoms with Gasteiger partial charge in [-0.15, -0.1) is 0 Å². The molecular weight excluding hydrogens is 164 g/mol. The van der Waals surface area contributed by atoms with Crippen LogP contribution in [0.15, 0.2) is 12.4 Å². The Labute approximate surface area is 78.3 Å². The summed E-state index contributed by atoms with van der Waals surface area (Å²) in [5.41, 5.74) is 1.27. The monoisotopic (exact) mass is 180 g/mol. The number of nitrogens with one attached hydrogen (secondary N) is 2. The number of H-pyrrole nitrogens is 1. The standard InChI is InChI=1S/C9H16N4/c1-8-4-10-2-3-13(8)7-9-5-11-12-6-9/h5-6,8,10H,2-4,7H2,1H3,(H,11,12)/t8-/m1/s1. The minimum absolute atomic E-state index is 0.628. The van der Waals surface area contributed by atoms with Gasteiger partial charge in [0.15, 0.2) is 0 Å². The maximum Gasteiger partial charge on any atom is 0.0532 e. The molecule has 0 aromatic carbocycles. The predicted molar refractivity (Wildman–Crippen MR) is 51.3 cm³/mol.